The first-order valence-electron chi connectivity index (χ1n) is 44.1. The fraction of sp³-hybridized carbons (Fsp3) is 0.729. The minimum Gasteiger partial charge on any atom is -0.465 e. The third-order valence-corrected chi connectivity index (χ3v) is 18.4. The summed E-state index contributed by atoms with van der Waals surface area (Å²) in [6.45, 7) is 57.6. The highest BCUT2D eigenvalue weighted by atomic mass is 16.6. The van der Waals surface area contributed by atoms with Gasteiger partial charge in [-0.2, -0.15) is 0 Å². The predicted molar refractivity (Wildman–Crippen MR) is 464 cm³/mol. The molecule has 6 aliphatic rings. The molecule has 658 valence electrons. The zero-order valence-corrected chi connectivity index (χ0v) is 77.1. The van der Waals surface area contributed by atoms with Gasteiger partial charge >= 0.3 is 47.8 Å². The molecule has 5 saturated carbocycles. The highest BCUT2D eigenvalue weighted by Gasteiger charge is 2.44. The van der Waals surface area contributed by atoms with Crippen LogP contribution >= 0.6 is 0 Å². The molecule has 0 amide bonds. The first-order valence-corrected chi connectivity index (χ1v) is 44.1. The molecule has 0 spiro atoms. The third-order valence-electron chi connectivity index (χ3n) is 18.4. The van der Waals surface area contributed by atoms with Crippen LogP contribution < -0.4 is 0 Å². The molecule has 2 unspecified atom stereocenters. The molecule has 10 rings (SSSR count). The van der Waals surface area contributed by atoms with E-state index in [0.29, 0.717) is 154 Å². The van der Waals surface area contributed by atoms with Gasteiger partial charge in [-0.3, -0.25) is 38.4 Å². The number of aromatic amines is 3. The van der Waals surface area contributed by atoms with Crippen molar-refractivity contribution in [1.82, 2.24) is 15.0 Å². The van der Waals surface area contributed by atoms with Crippen LogP contribution in [0.5, 0.6) is 0 Å². The minimum atomic E-state index is -0.574. The maximum Gasteiger partial charge on any atom is 0.306 e. The smallest absolute Gasteiger partial charge is 0.306 e. The Bertz CT molecular complexity index is 3160. The largest absolute Gasteiger partial charge is 0.465 e. The number of H-pyrrole nitrogens is 3. The summed E-state index contributed by atoms with van der Waals surface area (Å²) in [7, 11) is 0. The molecule has 6 aliphatic carbocycles. The molecule has 0 aliphatic heterocycles. The summed E-state index contributed by atoms with van der Waals surface area (Å²) < 4.78 is 42.3. The van der Waals surface area contributed by atoms with E-state index in [4.69, 9.17) is 37.9 Å². The highest BCUT2D eigenvalue weighted by molar-refractivity contribution is 5.72. The second-order valence-electron chi connectivity index (χ2n) is 35.3. The molecule has 0 saturated heterocycles. The van der Waals surface area contributed by atoms with Gasteiger partial charge in [0.2, 0.25) is 0 Å². The van der Waals surface area contributed by atoms with Crippen molar-refractivity contribution in [3.05, 3.63) is 107 Å². The lowest BCUT2D eigenvalue weighted by Gasteiger charge is -2.25. The van der Waals surface area contributed by atoms with E-state index in [0.717, 1.165) is 29.9 Å². The predicted octanol–water partition coefficient (Wildman–Crippen LogP) is 23.6. The fourth-order valence-electron chi connectivity index (χ4n) is 11.7. The van der Waals surface area contributed by atoms with E-state index >= 15 is 0 Å². The van der Waals surface area contributed by atoms with Crippen LogP contribution in [0.2, 0.25) is 0 Å². The van der Waals surface area contributed by atoms with Gasteiger partial charge in [0, 0.05) is 75.9 Å². The van der Waals surface area contributed by atoms with Crippen LogP contribution in [0.3, 0.4) is 0 Å². The van der Waals surface area contributed by atoms with Gasteiger partial charge in [-0.1, -0.05) is 177 Å². The van der Waals surface area contributed by atoms with Gasteiger partial charge in [0.05, 0.1) is 30.3 Å². The first-order chi connectivity index (χ1) is 54.2. The average Bonchev–Trinajstić information content (AvgIpc) is 1.66. The summed E-state index contributed by atoms with van der Waals surface area (Å²) in [6.07, 6.45) is 24.5. The Morgan fingerprint density at radius 2 is 0.730 bits per heavy atom. The Labute approximate surface area is 697 Å². The number of hydrogen-bond donors (Lipinski definition) is 3. The summed E-state index contributed by atoms with van der Waals surface area (Å²) in [5, 5.41) is 0. The summed E-state index contributed by atoms with van der Waals surface area (Å²) in [6, 6.07) is 19.9. The summed E-state index contributed by atoms with van der Waals surface area (Å²) in [5.74, 6) is 6.29. The van der Waals surface area contributed by atoms with Crippen molar-refractivity contribution in [3.63, 3.8) is 0 Å². The number of benzene rings is 1. The first kappa shape index (κ1) is 108. The van der Waals surface area contributed by atoms with Gasteiger partial charge in [0.15, 0.2) is 0 Å². The monoisotopic (exact) mass is 1610 g/mol. The number of nitrogens with one attached hydrogen (secondary N) is 3. The van der Waals surface area contributed by atoms with E-state index in [-0.39, 0.29) is 71.7 Å². The number of aromatic nitrogens is 3. The van der Waals surface area contributed by atoms with Crippen molar-refractivity contribution in [2.75, 3.05) is 13.2 Å². The van der Waals surface area contributed by atoms with Crippen LogP contribution in [-0.4, -0.2) is 93.7 Å². The number of esters is 8. The lowest BCUT2D eigenvalue weighted by molar-refractivity contribution is -0.160. The van der Waals surface area contributed by atoms with Crippen molar-refractivity contribution in [2.45, 2.75) is 358 Å². The molecule has 4 aromatic rings. The fourth-order valence-corrected chi connectivity index (χ4v) is 11.7. The topological polar surface area (TPSA) is 258 Å². The average molecular weight is 1620 g/mol. The number of carbonyl (C=O) groups excluding carboxylic acids is 8. The van der Waals surface area contributed by atoms with E-state index in [9.17, 15) is 38.4 Å². The molecule has 19 heteroatoms. The molecule has 3 heterocycles. The lowest BCUT2D eigenvalue weighted by atomic mass is 10.0. The van der Waals surface area contributed by atoms with Crippen LogP contribution in [0.15, 0.2) is 79.3 Å². The Morgan fingerprint density at radius 3 is 1.10 bits per heavy atom. The van der Waals surface area contributed by atoms with E-state index in [1.807, 2.05) is 235 Å². The molecule has 1 aromatic carbocycles. The van der Waals surface area contributed by atoms with Gasteiger partial charge < -0.3 is 52.8 Å². The number of rotatable bonds is 33. The summed E-state index contributed by atoms with van der Waals surface area (Å²) >= 11 is 0. The molecule has 5 fully saturated rings. The standard InChI is InChI=1S/C15H20O2.C12H19NO2.C12H20O2.C11H17NO2.C11H20O2.C10H15NO2.C10H18O2.C9H16O2.3C2H6/c1-11(2)7-15(16)17-10-12-8-13-5-3-4-6-14(13)9-12;1-9(2)8-11(14)15-12(3,4)10-6-5-7-13-10;1-8(2)7-11(13)14-12(9-3-4-9)10-5-6-10;1-8(2)7-11(13)14-9(3)10-5-4-6-12-10;1-8(2)7-10(12)13-11(3,4)9-5-6-9;1-8(2)6-10(12)13-7-9-4-3-5-11-9;1-7(2)6-10(11)12-8(3)9-4-5-9;1-7(2)5-9(10)11-6-8-3-4-8;3*1-2/h3-6,11-12H,7-10H2,1-2H3;5-7,9,13H,8H2,1-4H3;8-10,12H,3-7H2,1-2H3;4-6,8-9,12H,7H2,1-3H3;8-9H,5-7H2,1-4H3;3-5,8,11H,6-7H2,1-2H3;7-9H,4-6H2,1-3H3;7-8H,3-6H2,1-2H3;3*1-2H3. The second kappa shape index (κ2) is 59.5. The Morgan fingerprint density at radius 1 is 0.365 bits per heavy atom. The quantitative estimate of drug-likeness (QED) is 0.0296. The number of fused-ring (bicyclic) bond motifs is 1. The molecule has 0 radical (unpaired) electrons. The third kappa shape index (κ3) is 56.0. The van der Waals surface area contributed by atoms with Crippen LogP contribution in [0.4, 0.5) is 0 Å². The number of hydrogen-bond acceptors (Lipinski definition) is 16. The van der Waals surface area contributed by atoms with E-state index in [2.05, 4.69) is 53.1 Å². The van der Waals surface area contributed by atoms with Gasteiger partial charge in [-0.05, 0) is 243 Å². The van der Waals surface area contributed by atoms with Gasteiger partial charge in [0.25, 0.3) is 0 Å². The molecule has 3 aromatic heterocycles. The Kier molecular flexibility index (Phi) is 55.8. The second-order valence-corrected chi connectivity index (χ2v) is 35.3. The summed E-state index contributed by atoms with van der Waals surface area (Å²) in [4.78, 5) is 99.5. The van der Waals surface area contributed by atoms with Crippen molar-refractivity contribution < 1.29 is 76.3 Å². The molecular formula is C96H163N3O16. The SMILES string of the molecule is CC.CC.CC.CC(C)CC(=O)OC(C)(C)C1CC1.CC(C)CC(=O)OC(C)(C)c1ccc[nH]1.CC(C)CC(=O)OC(C)C1CC1.CC(C)CC(=O)OC(C)c1ccc[nH]1.CC(C)CC(=O)OC(C1CC1)C1CC1.CC(C)CC(=O)OCC1CC1.CC(C)CC(=O)OCC1Cc2ccccc2C1.CC(C)CC(=O)OCc1ccc[nH]1. The van der Waals surface area contributed by atoms with Crippen LogP contribution in [0.25, 0.3) is 0 Å². The van der Waals surface area contributed by atoms with E-state index in [1.54, 1.807) is 0 Å². The highest BCUT2D eigenvalue weighted by Crippen LogP contribution is 2.47. The maximum atomic E-state index is 11.5. The normalized spacial score (nSPS) is 14.9. The van der Waals surface area contributed by atoms with Crippen LogP contribution in [0.1, 0.15) is 344 Å². The molecule has 0 bridgehead atoms. The number of ether oxygens (including phenoxy) is 8. The van der Waals surface area contributed by atoms with Gasteiger partial charge in [-0.15, -0.1) is 0 Å². The summed E-state index contributed by atoms with van der Waals surface area (Å²) in [5.41, 5.74) is 4.80. The van der Waals surface area contributed by atoms with Crippen molar-refractivity contribution in [1.29, 1.82) is 0 Å². The van der Waals surface area contributed by atoms with Crippen molar-refractivity contribution in [3.8, 4) is 0 Å². The number of carbonyl (C=O) groups is 8. The Hall–Kier alpha value is -7.18. The van der Waals surface area contributed by atoms with E-state index in [1.165, 1.54) is 75.3 Å². The minimum absolute atomic E-state index is 0.0174. The molecular weight excluding hydrogens is 1450 g/mol. The molecule has 19 nitrogen and oxygen atoms in total. The molecule has 115 heavy (non-hydrogen) atoms. The Balaban J connectivity index is 0.00000128. The van der Waals surface area contributed by atoms with E-state index < -0.39 is 5.60 Å². The molecule has 3 N–H and O–H groups in total. The zero-order chi connectivity index (χ0) is 87.6. The zero-order valence-electron chi connectivity index (χ0n) is 77.1. The van der Waals surface area contributed by atoms with Crippen molar-refractivity contribution in [2.24, 2.45) is 82.9 Å². The van der Waals surface area contributed by atoms with Crippen LogP contribution in [-0.2, 0) is 101 Å². The van der Waals surface area contributed by atoms with Crippen molar-refractivity contribution >= 4 is 47.8 Å². The maximum absolute atomic E-state index is 11.5. The van der Waals surface area contributed by atoms with Gasteiger partial charge in [0.1, 0.15) is 36.1 Å². The lowest BCUT2D eigenvalue weighted by Crippen LogP contribution is -2.30. The molecule has 2 atom stereocenters. The van der Waals surface area contributed by atoms with Crippen LogP contribution in [0, 0.1) is 82.9 Å². The van der Waals surface area contributed by atoms with Gasteiger partial charge in [-0.25, -0.2) is 0 Å².